The minimum atomic E-state index is -0.767. The second kappa shape index (κ2) is 5.01. The largest absolute Gasteiger partial charge is 0.417 e. The maximum atomic E-state index is 12.5. The van der Waals surface area contributed by atoms with Crippen LogP contribution < -0.4 is 0 Å². The molecule has 7 heteroatoms. The summed E-state index contributed by atoms with van der Waals surface area (Å²) in [5.41, 5.74) is -1.41. The SMILES string of the molecule is CC1(C)C=C(c2nnc(C3=CC(C)(C)N([O])C3(C)C)o2)C(C)(C)N1[O]. The van der Waals surface area contributed by atoms with Gasteiger partial charge >= 0.3 is 0 Å². The predicted octanol–water partition coefficient (Wildman–Crippen LogP) is 3.27. The Bertz CT molecular complexity index is 709. The first-order valence-corrected chi connectivity index (χ1v) is 8.47. The van der Waals surface area contributed by atoms with Gasteiger partial charge in [0.1, 0.15) is 0 Å². The lowest BCUT2D eigenvalue weighted by Crippen LogP contribution is -2.46. The fraction of sp³-hybridized carbons (Fsp3) is 0.667. The minimum Gasteiger partial charge on any atom is -0.417 e. The van der Waals surface area contributed by atoms with Crippen molar-refractivity contribution in [2.24, 2.45) is 0 Å². The van der Waals surface area contributed by atoms with Crippen LogP contribution in [0.1, 0.15) is 67.2 Å². The fourth-order valence-corrected chi connectivity index (χ4v) is 3.92. The summed E-state index contributed by atoms with van der Waals surface area (Å²) in [5.74, 6) is 0.649. The Morgan fingerprint density at radius 3 is 1.28 bits per heavy atom. The van der Waals surface area contributed by atoms with E-state index in [1.54, 1.807) is 0 Å². The molecule has 0 aliphatic carbocycles. The van der Waals surface area contributed by atoms with Crippen LogP contribution in [0, 0.1) is 0 Å². The van der Waals surface area contributed by atoms with E-state index in [-0.39, 0.29) is 0 Å². The Morgan fingerprint density at radius 1 is 0.720 bits per heavy atom. The molecule has 0 atom stereocenters. The predicted molar refractivity (Wildman–Crippen MR) is 91.6 cm³/mol. The average molecular weight is 346 g/mol. The van der Waals surface area contributed by atoms with E-state index in [0.717, 1.165) is 10.1 Å². The lowest BCUT2D eigenvalue weighted by atomic mass is 9.96. The number of hydrogen-bond acceptors (Lipinski definition) is 5. The second-order valence-corrected chi connectivity index (χ2v) is 9.04. The van der Waals surface area contributed by atoms with Crippen molar-refractivity contribution in [3.8, 4) is 0 Å². The summed E-state index contributed by atoms with van der Waals surface area (Å²) in [6.45, 7) is 14.8. The molecular formula is C18H26N4O3. The van der Waals surface area contributed by atoms with Crippen molar-refractivity contribution in [3.63, 3.8) is 0 Å². The van der Waals surface area contributed by atoms with Crippen LogP contribution >= 0.6 is 0 Å². The lowest BCUT2D eigenvalue weighted by molar-refractivity contribution is -0.235. The summed E-state index contributed by atoms with van der Waals surface area (Å²) in [4.78, 5) is 0. The molecule has 0 aromatic carbocycles. The molecule has 0 saturated carbocycles. The van der Waals surface area contributed by atoms with E-state index in [9.17, 15) is 10.4 Å². The summed E-state index contributed by atoms with van der Waals surface area (Å²) < 4.78 is 5.92. The molecule has 0 saturated heterocycles. The fourth-order valence-electron chi connectivity index (χ4n) is 3.92. The van der Waals surface area contributed by atoms with E-state index < -0.39 is 22.2 Å². The molecule has 3 rings (SSSR count). The Hall–Kier alpha value is -1.54. The molecule has 2 aliphatic heterocycles. The molecule has 2 radical (unpaired) electrons. The van der Waals surface area contributed by atoms with Crippen molar-refractivity contribution in [1.82, 2.24) is 20.3 Å². The number of rotatable bonds is 2. The first-order valence-electron chi connectivity index (χ1n) is 8.47. The highest BCUT2D eigenvalue weighted by Gasteiger charge is 2.51. The zero-order valence-corrected chi connectivity index (χ0v) is 16.2. The molecule has 1 aromatic rings. The highest BCUT2D eigenvalue weighted by Crippen LogP contribution is 2.46. The monoisotopic (exact) mass is 346 g/mol. The Labute approximate surface area is 148 Å². The highest BCUT2D eigenvalue weighted by atomic mass is 16.5. The van der Waals surface area contributed by atoms with Crippen LogP contribution in [0.3, 0.4) is 0 Å². The van der Waals surface area contributed by atoms with Crippen molar-refractivity contribution in [3.05, 3.63) is 23.9 Å². The van der Waals surface area contributed by atoms with Crippen LogP contribution in [0.2, 0.25) is 0 Å². The molecule has 0 bridgehead atoms. The highest BCUT2D eigenvalue weighted by molar-refractivity contribution is 5.74. The van der Waals surface area contributed by atoms with Crippen molar-refractivity contribution < 1.29 is 14.8 Å². The Morgan fingerprint density at radius 2 is 1.04 bits per heavy atom. The molecule has 1 aromatic heterocycles. The van der Waals surface area contributed by atoms with E-state index in [2.05, 4.69) is 10.2 Å². The van der Waals surface area contributed by atoms with Crippen molar-refractivity contribution in [2.75, 3.05) is 0 Å². The molecule has 7 nitrogen and oxygen atoms in total. The van der Waals surface area contributed by atoms with Gasteiger partial charge in [-0.05, 0) is 55.4 Å². The van der Waals surface area contributed by atoms with Crippen LogP contribution in [0.5, 0.6) is 0 Å². The number of nitrogens with zero attached hydrogens (tertiary/aromatic N) is 4. The van der Waals surface area contributed by atoms with E-state index in [1.807, 2.05) is 67.5 Å². The third kappa shape index (κ3) is 2.49. The quantitative estimate of drug-likeness (QED) is 0.820. The van der Waals surface area contributed by atoms with Gasteiger partial charge in [-0.25, -0.2) is 0 Å². The van der Waals surface area contributed by atoms with Crippen molar-refractivity contribution in [2.45, 2.75) is 77.5 Å². The van der Waals surface area contributed by atoms with Gasteiger partial charge in [0.2, 0.25) is 11.8 Å². The summed E-state index contributed by atoms with van der Waals surface area (Å²) >= 11 is 0. The maximum Gasteiger partial charge on any atom is 0.245 e. The number of hydrogen-bond donors (Lipinski definition) is 0. The molecule has 136 valence electrons. The molecule has 3 heterocycles. The van der Waals surface area contributed by atoms with Crippen LogP contribution in [-0.4, -0.2) is 42.5 Å². The summed E-state index contributed by atoms with van der Waals surface area (Å²) in [6, 6.07) is 0. The number of aromatic nitrogens is 2. The van der Waals surface area contributed by atoms with Crippen LogP contribution in [-0.2, 0) is 10.4 Å². The average Bonchev–Trinajstić information content (AvgIpc) is 3.06. The number of hydroxylamine groups is 4. The van der Waals surface area contributed by atoms with E-state index in [0.29, 0.717) is 22.9 Å². The topological polar surface area (TPSA) is 85.2 Å². The molecule has 25 heavy (non-hydrogen) atoms. The summed E-state index contributed by atoms with van der Waals surface area (Å²) in [6.07, 6.45) is 3.74. The first kappa shape index (κ1) is 18.3. The zero-order chi connectivity index (χ0) is 19.0. The summed E-state index contributed by atoms with van der Waals surface area (Å²) in [7, 11) is 0. The molecule has 0 fully saturated rings. The first-order chi connectivity index (χ1) is 11.2. The minimum absolute atomic E-state index is 0.324. The van der Waals surface area contributed by atoms with Crippen LogP contribution in [0.4, 0.5) is 0 Å². The van der Waals surface area contributed by atoms with Gasteiger partial charge in [0.05, 0.1) is 22.2 Å². The summed E-state index contributed by atoms with van der Waals surface area (Å²) in [5, 5.41) is 35.5. The van der Waals surface area contributed by atoms with Gasteiger partial charge in [-0.15, -0.1) is 30.7 Å². The van der Waals surface area contributed by atoms with Gasteiger partial charge in [-0.1, -0.05) is 12.2 Å². The maximum absolute atomic E-state index is 12.5. The molecular weight excluding hydrogens is 320 g/mol. The standard InChI is InChI=1S/C18H26N4O3/c1-15(2)9-11(17(5,6)21(15)23)13-19-20-14(25-13)12-10-16(3,4)22(24)18(12,7)8/h9-10H,1-8H3. The zero-order valence-electron chi connectivity index (χ0n) is 16.2. The van der Waals surface area contributed by atoms with Crippen molar-refractivity contribution in [1.29, 1.82) is 0 Å². The van der Waals surface area contributed by atoms with Gasteiger partial charge in [0.15, 0.2) is 0 Å². The van der Waals surface area contributed by atoms with Crippen LogP contribution in [0.15, 0.2) is 16.6 Å². The van der Waals surface area contributed by atoms with E-state index in [4.69, 9.17) is 4.42 Å². The smallest absolute Gasteiger partial charge is 0.245 e. The normalized spacial score (nSPS) is 27.4. The van der Waals surface area contributed by atoms with Gasteiger partial charge in [0.25, 0.3) is 0 Å². The van der Waals surface area contributed by atoms with E-state index in [1.165, 1.54) is 0 Å². The van der Waals surface area contributed by atoms with Gasteiger partial charge in [0, 0.05) is 11.1 Å². The second-order valence-electron chi connectivity index (χ2n) is 9.04. The van der Waals surface area contributed by atoms with Gasteiger partial charge in [-0.2, -0.15) is 0 Å². The molecule has 0 unspecified atom stereocenters. The third-order valence-electron chi connectivity index (χ3n) is 5.26. The molecule has 0 amide bonds. The molecule has 0 spiro atoms. The van der Waals surface area contributed by atoms with Gasteiger partial charge in [-0.3, -0.25) is 0 Å². The van der Waals surface area contributed by atoms with Crippen molar-refractivity contribution >= 4 is 11.1 Å². The third-order valence-corrected chi connectivity index (χ3v) is 5.26. The van der Waals surface area contributed by atoms with Gasteiger partial charge < -0.3 is 4.42 Å². The lowest BCUT2D eigenvalue weighted by Gasteiger charge is -2.33. The van der Waals surface area contributed by atoms with Crippen LogP contribution in [0.25, 0.3) is 11.1 Å². The van der Waals surface area contributed by atoms with E-state index >= 15 is 0 Å². The Kier molecular flexibility index (Phi) is 3.66. The Balaban J connectivity index is 2.03. The molecule has 2 aliphatic rings. The molecule has 0 N–H and O–H groups in total.